The van der Waals surface area contributed by atoms with E-state index in [0.717, 1.165) is 14.7 Å². The van der Waals surface area contributed by atoms with Crippen LogP contribution in [0.25, 0.3) is 11.1 Å². The number of thiophene rings is 1. The fourth-order valence-corrected chi connectivity index (χ4v) is 4.04. The third-order valence-corrected chi connectivity index (χ3v) is 5.56. The maximum absolute atomic E-state index is 13.9. The molecule has 28 heavy (non-hydrogen) atoms. The number of methoxy groups -OCH3 is 2. The van der Waals surface area contributed by atoms with Crippen molar-refractivity contribution >= 4 is 51.5 Å². The summed E-state index contributed by atoms with van der Waals surface area (Å²) in [6.07, 6.45) is 0. The molecule has 5 nitrogen and oxygen atoms in total. The number of rotatable bonds is 5. The van der Waals surface area contributed by atoms with Crippen molar-refractivity contribution in [3.8, 4) is 16.9 Å². The summed E-state index contributed by atoms with van der Waals surface area (Å²) in [5, 5.41) is 4.49. The first kappa shape index (κ1) is 20.3. The lowest BCUT2D eigenvalue weighted by Gasteiger charge is -2.09. The minimum absolute atomic E-state index is 0.0156. The maximum Gasteiger partial charge on any atom is 0.351 e. The van der Waals surface area contributed by atoms with Crippen molar-refractivity contribution in [2.45, 2.75) is 0 Å². The Morgan fingerprint density at radius 1 is 1.11 bits per heavy atom. The molecule has 0 radical (unpaired) electrons. The van der Waals surface area contributed by atoms with Crippen molar-refractivity contribution in [3.63, 3.8) is 0 Å². The molecule has 1 heterocycles. The molecule has 0 aliphatic heterocycles. The molecular formula is C20H15FINO4S. The predicted molar refractivity (Wildman–Crippen MR) is 115 cm³/mol. The van der Waals surface area contributed by atoms with Crippen LogP contribution in [0.5, 0.6) is 5.75 Å². The van der Waals surface area contributed by atoms with Gasteiger partial charge < -0.3 is 14.8 Å². The van der Waals surface area contributed by atoms with E-state index in [9.17, 15) is 14.0 Å². The van der Waals surface area contributed by atoms with Crippen molar-refractivity contribution < 1.29 is 23.5 Å². The van der Waals surface area contributed by atoms with Crippen LogP contribution in [-0.2, 0) is 4.74 Å². The van der Waals surface area contributed by atoms with Gasteiger partial charge in [0.15, 0.2) is 10.6 Å². The van der Waals surface area contributed by atoms with E-state index in [0.29, 0.717) is 16.3 Å². The highest BCUT2D eigenvalue weighted by atomic mass is 127. The van der Waals surface area contributed by atoms with E-state index in [4.69, 9.17) is 9.47 Å². The summed E-state index contributed by atoms with van der Waals surface area (Å²) in [7, 11) is 2.80. The number of carbonyl (C=O) groups excluding carboxylic acids is 2. The molecule has 0 bridgehead atoms. The van der Waals surface area contributed by atoms with Crippen LogP contribution in [-0.4, -0.2) is 26.1 Å². The monoisotopic (exact) mass is 511 g/mol. The van der Waals surface area contributed by atoms with Crippen LogP contribution in [0.2, 0.25) is 0 Å². The molecule has 0 saturated carbocycles. The van der Waals surface area contributed by atoms with Crippen LogP contribution in [0.15, 0.2) is 47.8 Å². The van der Waals surface area contributed by atoms with Crippen molar-refractivity contribution in [1.82, 2.24) is 0 Å². The van der Waals surface area contributed by atoms with Gasteiger partial charge in [-0.2, -0.15) is 0 Å². The number of hydrogen-bond acceptors (Lipinski definition) is 5. The molecule has 2 aromatic carbocycles. The second-order valence-corrected chi connectivity index (χ2v) is 7.78. The molecule has 3 rings (SSSR count). The van der Waals surface area contributed by atoms with Crippen molar-refractivity contribution in [1.29, 1.82) is 0 Å². The molecule has 0 saturated heterocycles. The lowest BCUT2D eigenvalue weighted by molar-refractivity contribution is 0.0603. The third-order valence-electron chi connectivity index (χ3n) is 3.95. The average molecular weight is 511 g/mol. The fraction of sp³-hybridized carbons (Fsp3) is 0.100. The van der Waals surface area contributed by atoms with Gasteiger partial charge in [-0.1, -0.05) is 12.1 Å². The number of anilines is 1. The number of amides is 1. The van der Waals surface area contributed by atoms with Gasteiger partial charge in [0.1, 0.15) is 5.82 Å². The van der Waals surface area contributed by atoms with Gasteiger partial charge in [-0.05, 0) is 58.5 Å². The zero-order valence-electron chi connectivity index (χ0n) is 14.9. The summed E-state index contributed by atoms with van der Waals surface area (Å²) in [4.78, 5) is 24.5. The smallest absolute Gasteiger partial charge is 0.351 e. The molecule has 0 unspecified atom stereocenters. The van der Waals surface area contributed by atoms with E-state index in [1.54, 1.807) is 35.7 Å². The van der Waals surface area contributed by atoms with Gasteiger partial charge in [-0.3, -0.25) is 4.79 Å². The second-order valence-electron chi connectivity index (χ2n) is 5.66. The first-order chi connectivity index (χ1) is 13.4. The molecule has 0 spiro atoms. The summed E-state index contributed by atoms with van der Waals surface area (Å²) in [6, 6.07) is 11.3. The second kappa shape index (κ2) is 8.70. The quantitative estimate of drug-likeness (QED) is 0.378. The van der Waals surface area contributed by atoms with E-state index in [-0.39, 0.29) is 5.56 Å². The lowest BCUT2D eigenvalue weighted by atomic mass is 10.1. The summed E-state index contributed by atoms with van der Waals surface area (Å²) < 4.78 is 24.8. The maximum atomic E-state index is 13.9. The molecule has 0 aliphatic rings. The molecule has 1 N–H and O–H groups in total. The average Bonchev–Trinajstić information content (AvgIpc) is 3.13. The number of carbonyl (C=O) groups is 2. The van der Waals surface area contributed by atoms with Crippen molar-refractivity contribution in [2.24, 2.45) is 0 Å². The van der Waals surface area contributed by atoms with E-state index in [1.807, 2.05) is 22.6 Å². The molecule has 1 aromatic heterocycles. The van der Waals surface area contributed by atoms with E-state index in [2.05, 4.69) is 5.32 Å². The SMILES string of the molecule is COC(=O)c1scc(-c2ccc(NC(=O)c3cc(I)ccc3F)cc2)c1OC. The van der Waals surface area contributed by atoms with Gasteiger partial charge in [0.05, 0.1) is 19.8 Å². The third kappa shape index (κ3) is 4.17. The number of benzene rings is 2. The van der Waals surface area contributed by atoms with Gasteiger partial charge in [-0.15, -0.1) is 11.3 Å². The molecule has 8 heteroatoms. The van der Waals surface area contributed by atoms with Crippen LogP contribution < -0.4 is 10.1 Å². The van der Waals surface area contributed by atoms with Gasteiger partial charge in [-0.25, -0.2) is 9.18 Å². The van der Waals surface area contributed by atoms with Crippen LogP contribution in [0, 0.1) is 9.39 Å². The Kier molecular flexibility index (Phi) is 6.30. The summed E-state index contributed by atoms with van der Waals surface area (Å²) in [6.45, 7) is 0. The van der Waals surface area contributed by atoms with Crippen molar-refractivity contribution in [2.75, 3.05) is 19.5 Å². The standard InChI is InChI=1S/C20H15FINO4S/c1-26-17-15(10-28-18(17)20(25)27-2)11-3-6-13(7-4-11)23-19(24)14-9-12(22)5-8-16(14)21/h3-10H,1-2H3,(H,23,24). The van der Waals surface area contributed by atoms with E-state index in [1.165, 1.54) is 37.7 Å². The Morgan fingerprint density at radius 3 is 2.46 bits per heavy atom. The highest BCUT2D eigenvalue weighted by molar-refractivity contribution is 14.1. The van der Waals surface area contributed by atoms with Crippen LogP contribution in [0.4, 0.5) is 10.1 Å². The van der Waals surface area contributed by atoms with Crippen molar-refractivity contribution in [3.05, 3.63) is 67.7 Å². The largest absolute Gasteiger partial charge is 0.494 e. The normalized spacial score (nSPS) is 10.4. The topological polar surface area (TPSA) is 64.6 Å². The van der Waals surface area contributed by atoms with Gasteiger partial charge >= 0.3 is 5.97 Å². The Labute approximate surface area is 178 Å². The number of ether oxygens (including phenoxy) is 2. The van der Waals surface area contributed by atoms with Crippen LogP contribution in [0.3, 0.4) is 0 Å². The molecular weight excluding hydrogens is 496 g/mol. The Balaban J connectivity index is 1.83. The van der Waals surface area contributed by atoms with E-state index >= 15 is 0 Å². The summed E-state index contributed by atoms with van der Waals surface area (Å²) in [5.41, 5.74) is 2.06. The number of halogens is 2. The van der Waals surface area contributed by atoms with E-state index < -0.39 is 17.7 Å². The lowest BCUT2D eigenvalue weighted by Crippen LogP contribution is -2.13. The molecule has 1 amide bonds. The zero-order valence-corrected chi connectivity index (χ0v) is 17.9. The molecule has 0 aliphatic carbocycles. The Morgan fingerprint density at radius 2 is 1.82 bits per heavy atom. The summed E-state index contributed by atoms with van der Waals surface area (Å²) >= 11 is 3.25. The number of hydrogen-bond donors (Lipinski definition) is 1. The fourth-order valence-electron chi connectivity index (χ4n) is 2.59. The molecule has 0 atom stereocenters. The highest BCUT2D eigenvalue weighted by Crippen LogP contribution is 2.39. The van der Waals surface area contributed by atoms with Crippen LogP contribution in [0.1, 0.15) is 20.0 Å². The first-order valence-corrected chi connectivity index (χ1v) is 10.0. The van der Waals surface area contributed by atoms with Gasteiger partial charge in [0.2, 0.25) is 0 Å². The van der Waals surface area contributed by atoms with Gasteiger partial charge in [0.25, 0.3) is 5.91 Å². The van der Waals surface area contributed by atoms with Crippen LogP contribution >= 0.6 is 33.9 Å². The minimum atomic E-state index is -0.576. The minimum Gasteiger partial charge on any atom is -0.494 e. The Bertz CT molecular complexity index is 1030. The first-order valence-electron chi connectivity index (χ1n) is 8.05. The predicted octanol–water partition coefficient (Wildman–Crippen LogP) is 5.21. The summed E-state index contributed by atoms with van der Waals surface area (Å²) in [5.74, 6) is -1.12. The molecule has 0 fully saturated rings. The molecule has 3 aromatic rings. The zero-order chi connectivity index (χ0) is 20.3. The van der Waals surface area contributed by atoms with Gasteiger partial charge in [0, 0.05) is 20.2 Å². The number of esters is 1. The highest BCUT2D eigenvalue weighted by Gasteiger charge is 2.20. The Hall–Kier alpha value is -2.46. The number of nitrogens with one attached hydrogen (secondary N) is 1. The molecule has 144 valence electrons.